The van der Waals surface area contributed by atoms with Crippen LogP contribution in [-0.2, 0) is 12.8 Å². The highest BCUT2D eigenvalue weighted by Crippen LogP contribution is 2.35. The Bertz CT molecular complexity index is 861. The normalized spacial score (nSPS) is 13.0. The van der Waals surface area contributed by atoms with Crippen LogP contribution in [-0.4, -0.2) is 16.3 Å². The summed E-state index contributed by atoms with van der Waals surface area (Å²) < 4.78 is 2.10. The monoisotopic (exact) mass is 303 g/mol. The van der Waals surface area contributed by atoms with Gasteiger partial charge in [0, 0.05) is 17.7 Å². The highest BCUT2D eigenvalue weighted by atomic mass is 15.3. The van der Waals surface area contributed by atoms with Gasteiger partial charge in [-0.1, -0.05) is 48.9 Å². The summed E-state index contributed by atoms with van der Waals surface area (Å²) in [6, 6.07) is 17.1. The average molecular weight is 303 g/mol. The molecule has 0 amide bonds. The van der Waals surface area contributed by atoms with Gasteiger partial charge in [-0.15, -0.1) is 0 Å². The second kappa shape index (κ2) is 5.58. The van der Waals surface area contributed by atoms with Gasteiger partial charge in [-0.25, -0.2) is 4.68 Å². The third-order valence-electron chi connectivity index (χ3n) is 4.54. The Kier molecular flexibility index (Phi) is 3.41. The van der Waals surface area contributed by atoms with Crippen molar-refractivity contribution in [3.05, 3.63) is 65.2 Å². The van der Waals surface area contributed by atoms with Gasteiger partial charge in [-0.2, -0.15) is 5.10 Å². The first-order chi connectivity index (χ1) is 11.3. The molecule has 1 aromatic heterocycles. The third-order valence-corrected chi connectivity index (χ3v) is 4.54. The fourth-order valence-electron chi connectivity index (χ4n) is 3.39. The molecule has 0 saturated carbocycles. The van der Waals surface area contributed by atoms with Crippen molar-refractivity contribution in [3.63, 3.8) is 0 Å². The van der Waals surface area contributed by atoms with E-state index in [1.807, 2.05) is 0 Å². The lowest BCUT2D eigenvalue weighted by Crippen LogP contribution is -2.06. The minimum atomic E-state index is 0.986. The molecule has 0 bridgehead atoms. The summed E-state index contributed by atoms with van der Waals surface area (Å²) in [4.78, 5) is 0. The first kappa shape index (κ1) is 14.1. The van der Waals surface area contributed by atoms with E-state index in [4.69, 9.17) is 5.10 Å². The Morgan fingerprint density at radius 3 is 2.83 bits per heavy atom. The number of hydrogen-bond donors (Lipinski definition) is 1. The quantitative estimate of drug-likeness (QED) is 0.778. The van der Waals surface area contributed by atoms with Crippen molar-refractivity contribution in [2.45, 2.75) is 26.7 Å². The molecule has 0 spiro atoms. The molecule has 0 radical (unpaired) electrons. The molecule has 2 heterocycles. The van der Waals surface area contributed by atoms with Gasteiger partial charge in [0.15, 0.2) is 0 Å². The first-order valence-corrected chi connectivity index (χ1v) is 8.29. The molecule has 3 aromatic rings. The van der Waals surface area contributed by atoms with E-state index in [-0.39, 0.29) is 0 Å². The summed E-state index contributed by atoms with van der Waals surface area (Å²) in [6.45, 7) is 5.31. The van der Waals surface area contributed by atoms with Crippen LogP contribution in [0.2, 0.25) is 0 Å². The van der Waals surface area contributed by atoms with E-state index in [0.29, 0.717) is 0 Å². The maximum atomic E-state index is 4.98. The molecule has 1 aliphatic rings. The average Bonchev–Trinajstić information content (AvgIpc) is 3.17. The fraction of sp³-hybridized carbons (Fsp3) is 0.250. The molecule has 0 atom stereocenters. The first-order valence-electron chi connectivity index (χ1n) is 8.29. The van der Waals surface area contributed by atoms with E-state index >= 15 is 0 Å². The van der Waals surface area contributed by atoms with E-state index in [0.717, 1.165) is 30.9 Å². The molecule has 0 fully saturated rings. The Morgan fingerprint density at radius 1 is 1.13 bits per heavy atom. The van der Waals surface area contributed by atoms with E-state index in [1.165, 1.54) is 27.9 Å². The molecule has 0 saturated heterocycles. The van der Waals surface area contributed by atoms with Crippen molar-refractivity contribution in [2.24, 2.45) is 0 Å². The second-order valence-electron chi connectivity index (χ2n) is 6.12. The third kappa shape index (κ3) is 2.33. The fourth-order valence-corrected chi connectivity index (χ4v) is 3.39. The number of aromatic nitrogens is 2. The molecule has 2 aromatic carbocycles. The zero-order valence-electron chi connectivity index (χ0n) is 13.6. The number of benzene rings is 2. The van der Waals surface area contributed by atoms with Crippen LogP contribution < -0.4 is 5.32 Å². The summed E-state index contributed by atoms with van der Waals surface area (Å²) in [5, 5.41) is 8.50. The number of hydrogen-bond acceptors (Lipinski definition) is 2. The summed E-state index contributed by atoms with van der Waals surface area (Å²) in [7, 11) is 0. The van der Waals surface area contributed by atoms with Gasteiger partial charge in [0.05, 0.1) is 11.4 Å². The molecule has 4 rings (SSSR count). The van der Waals surface area contributed by atoms with Crippen molar-refractivity contribution >= 4 is 5.82 Å². The molecular formula is C20H21N3. The van der Waals surface area contributed by atoms with Crippen molar-refractivity contribution < 1.29 is 0 Å². The van der Waals surface area contributed by atoms with Crippen LogP contribution in [0.15, 0.2) is 48.5 Å². The minimum Gasteiger partial charge on any atom is -0.369 e. The standard InChI is InChI=1S/C20H21N3/c1-3-15-8-4-5-10-18(15)23-20-17(11-12-21-20)19(22-23)16-9-6-7-14(2)13-16/h4-10,13,21H,3,11-12H2,1-2H3. The van der Waals surface area contributed by atoms with Gasteiger partial charge in [-0.3, -0.25) is 0 Å². The zero-order valence-corrected chi connectivity index (χ0v) is 13.6. The minimum absolute atomic E-state index is 0.986. The maximum absolute atomic E-state index is 4.98. The predicted molar refractivity (Wildman–Crippen MR) is 95.3 cm³/mol. The predicted octanol–water partition coefficient (Wildman–Crippen LogP) is 4.38. The van der Waals surface area contributed by atoms with Gasteiger partial charge in [-0.05, 0) is 37.5 Å². The number of anilines is 1. The number of nitrogens with zero attached hydrogens (tertiary/aromatic N) is 2. The molecule has 0 aliphatic carbocycles. The maximum Gasteiger partial charge on any atom is 0.133 e. The topological polar surface area (TPSA) is 29.9 Å². The largest absolute Gasteiger partial charge is 0.369 e. The van der Waals surface area contributed by atoms with Crippen LogP contribution in [0.4, 0.5) is 5.82 Å². The van der Waals surface area contributed by atoms with Crippen LogP contribution in [0.5, 0.6) is 0 Å². The second-order valence-corrected chi connectivity index (χ2v) is 6.12. The molecular weight excluding hydrogens is 282 g/mol. The highest BCUT2D eigenvalue weighted by Gasteiger charge is 2.24. The summed E-state index contributed by atoms with van der Waals surface area (Å²) in [6.07, 6.45) is 2.04. The molecule has 3 heteroatoms. The van der Waals surface area contributed by atoms with Crippen LogP contribution in [0, 0.1) is 6.92 Å². The van der Waals surface area contributed by atoms with E-state index in [9.17, 15) is 0 Å². The summed E-state index contributed by atoms with van der Waals surface area (Å²) in [5.74, 6) is 1.16. The number of fused-ring (bicyclic) bond motifs is 1. The molecule has 116 valence electrons. The lowest BCUT2D eigenvalue weighted by molar-refractivity contribution is 0.866. The van der Waals surface area contributed by atoms with Crippen molar-refractivity contribution in [1.29, 1.82) is 0 Å². The Balaban J connectivity index is 1.92. The smallest absolute Gasteiger partial charge is 0.133 e. The van der Waals surface area contributed by atoms with Crippen molar-refractivity contribution in [3.8, 4) is 16.9 Å². The van der Waals surface area contributed by atoms with E-state index < -0.39 is 0 Å². The van der Waals surface area contributed by atoms with Crippen LogP contribution in [0.25, 0.3) is 16.9 Å². The zero-order chi connectivity index (χ0) is 15.8. The number of aryl methyl sites for hydroxylation is 2. The van der Waals surface area contributed by atoms with Gasteiger partial charge in [0.25, 0.3) is 0 Å². The van der Waals surface area contributed by atoms with Gasteiger partial charge in [0.2, 0.25) is 0 Å². The highest BCUT2D eigenvalue weighted by molar-refractivity contribution is 5.73. The summed E-state index contributed by atoms with van der Waals surface area (Å²) in [5.41, 5.74) is 7.42. The van der Waals surface area contributed by atoms with Gasteiger partial charge < -0.3 is 5.32 Å². The van der Waals surface area contributed by atoms with Crippen LogP contribution >= 0.6 is 0 Å². The van der Waals surface area contributed by atoms with E-state index in [1.54, 1.807) is 0 Å². The van der Waals surface area contributed by atoms with E-state index in [2.05, 4.69) is 72.4 Å². The number of rotatable bonds is 3. The Morgan fingerprint density at radius 2 is 2.00 bits per heavy atom. The lowest BCUT2D eigenvalue weighted by Gasteiger charge is -2.10. The lowest BCUT2D eigenvalue weighted by atomic mass is 10.0. The Labute approximate surface area is 137 Å². The Hall–Kier alpha value is -2.55. The molecule has 1 N–H and O–H groups in total. The van der Waals surface area contributed by atoms with Crippen molar-refractivity contribution in [1.82, 2.24) is 9.78 Å². The number of para-hydroxylation sites is 1. The summed E-state index contributed by atoms with van der Waals surface area (Å²) >= 11 is 0. The SMILES string of the molecule is CCc1ccccc1-n1nc(-c2cccc(C)c2)c2c1NCC2. The van der Waals surface area contributed by atoms with Crippen LogP contribution in [0.3, 0.4) is 0 Å². The molecule has 3 nitrogen and oxygen atoms in total. The molecule has 0 unspecified atom stereocenters. The molecule has 1 aliphatic heterocycles. The van der Waals surface area contributed by atoms with Crippen LogP contribution in [0.1, 0.15) is 23.6 Å². The van der Waals surface area contributed by atoms with Gasteiger partial charge >= 0.3 is 0 Å². The molecule has 23 heavy (non-hydrogen) atoms. The van der Waals surface area contributed by atoms with Gasteiger partial charge in [0.1, 0.15) is 5.82 Å². The van der Waals surface area contributed by atoms with Crippen molar-refractivity contribution in [2.75, 3.05) is 11.9 Å². The number of nitrogens with one attached hydrogen (secondary N) is 1.